The summed E-state index contributed by atoms with van der Waals surface area (Å²) in [5, 5.41) is 12.2. The smallest absolute Gasteiger partial charge is 0.326 e. The second-order valence-electron chi connectivity index (χ2n) is 9.20. The van der Waals surface area contributed by atoms with E-state index in [-0.39, 0.29) is 5.91 Å². The minimum atomic E-state index is -1.00. The average molecular weight is 476 g/mol. The Hall–Kier alpha value is -3.38. The zero-order valence-corrected chi connectivity index (χ0v) is 20.4. The van der Waals surface area contributed by atoms with Gasteiger partial charge < -0.3 is 19.9 Å². The molecule has 0 aromatic heterocycles. The lowest BCUT2D eigenvalue weighted by Gasteiger charge is -2.23. The van der Waals surface area contributed by atoms with Crippen LogP contribution in [0.4, 0.5) is 0 Å². The van der Waals surface area contributed by atoms with Crippen molar-refractivity contribution in [2.24, 2.45) is 0 Å². The number of rotatable bonds is 10. The standard InChI is InChI=1S/C29H33NO5/c1-3-6-26(29(32)33)30-28(31)24-12-10-20(15-25(24)23-8-5-4-7-19(23)2)17-34-18-21-9-11-22-13-14-35-27(22)16-21/h4-5,7-9,11,15-16,26H,3,6,10,12-14,17-18H2,1-2H3,(H,30,31)(H,32,33)/t26-/m0/s1. The van der Waals surface area contributed by atoms with Crippen LogP contribution in [0, 0.1) is 6.92 Å². The number of benzene rings is 2. The Bertz CT molecular complexity index is 1160. The van der Waals surface area contributed by atoms with Gasteiger partial charge in [-0.05, 0) is 65.7 Å². The number of aryl methyl sites for hydroxylation is 1. The third-order valence-electron chi connectivity index (χ3n) is 6.58. The van der Waals surface area contributed by atoms with Gasteiger partial charge in [-0.3, -0.25) is 4.79 Å². The van der Waals surface area contributed by atoms with Crippen molar-refractivity contribution >= 4 is 17.4 Å². The van der Waals surface area contributed by atoms with Gasteiger partial charge in [0.2, 0.25) is 5.91 Å². The summed E-state index contributed by atoms with van der Waals surface area (Å²) in [6.45, 7) is 5.62. The van der Waals surface area contributed by atoms with E-state index in [1.54, 1.807) is 0 Å². The summed E-state index contributed by atoms with van der Waals surface area (Å²) in [6, 6.07) is 13.3. The summed E-state index contributed by atoms with van der Waals surface area (Å²) in [6.07, 6.45) is 5.31. The zero-order valence-electron chi connectivity index (χ0n) is 20.4. The molecule has 0 bridgehead atoms. The fourth-order valence-corrected chi connectivity index (χ4v) is 4.64. The third kappa shape index (κ3) is 6.01. The van der Waals surface area contributed by atoms with E-state index < -0.39 is 12.0 Å². The normalized spacial score (nSPS) is 15.8. The van der Waals surface area contributed by atoms with Crippen molar-refractivity contribution in [3.63, 3.8) is 0 Å². The largest absolute Gasteiger partial charge is 0.493 e. The summed E-state index contributed by atoms with van der Waals surface area (Å²) in [5.41, 5.74) is 6.94. The van der Waals surface area contributed by atoms with Crippen LogP contribution in [-0.2, 0) is 27.4 Å². The summed E-state index contributed by atoms with van der Waals surface area (Å²) in [5.74, 6) is -0.361. The summed E-state index contributed by atoms with van der Waals surface area (Å²) in [4.78, 5) is 24.8. The SMILES string of the molecule is CCC[C@H](NC(=O)C1=C(c2ccccc2C)C=C(COCc2ccc3c(c2)OCC3)CC1)C(=O)O. The molecular weight excluding hydrogens is 442 g/mol. The predicted octanol–water partition coefficient (Wildman–Crippen LogP) is 4.99. The topological polar surface area (TPSA) is 84.9 Å². The molecule has 0 saturated heterocycles. The van der Waals surface area contributed by atoms with Crippen LogP contribution in [-0.4, -0.2) is 36.2 Å². The van der Waals surface area contributed by atoms with Crippen LogP contribution < -0.4 is 10.1 Å². The molecule has 6 heteroatoms. The Morgan fingerprint density at radius 2 is 1.94 bits per heavy atom. The molecule has 1 atom stereocenters. The van der Waals surface area contributed by atoms with E-state index in [0.29, 0.717) is 44.5 Å². The number of ether oxygens (including phenoxy) is 2. The average Bonchev–Trinajstić information content (AvgIpc) is 3.32. The van der Waals surface area contributed by atoms with E-state index in [0.717, 1.165) is 46.6 Å². The van der Waals surface area contributed by atoms with Crippen molar-refractivity contribution in [2.75, 3.05) is 13.2 Å². The molecule has 0 saturated carbocycles. The van der Waals surface area contributed by atoms with E-state index in [9.17, 15) is 14.7 Å². The van der Waals surface area contributed by atoms with Crippen LogP contribution in [0.1, 0.15) is 54.9 Å². The number of nitrogens with one attached hydrogen (secondary N) is 1. The Balaban J connectivity index is 1.52. The van der Waals surface area contributed by atoms with Crippen molar-refractivity contribution in [2.45, 2.75) is 58.6 Å². The maximum Gasteiger partial charge on any atom is 0.326 e. The number of carbonyl (C=O) groups excluding carboxylic acids is 1. The third-order valence-corrected chi connectivity index (χ3v) is 6.58. The van der Waals surface area contributed by atoms with Gasteiger partial charge in [-0.2, -0.15) is 0 Å². The lowest BCUT2D eigenvalue weighted by atomic mass is 9.86. The zero-order chi connectivity index (χ0) is 24.8. The van der Waals surface area contributed by atoms with Gasteiger partial charge in [0, 0.05) is 12.0 Å². The lowest BCUT2D eigenvalue weighted by molar-refractivity contribution is -0.141. The van der Waals surface area contributed by atoms with Crippen molar-refractivity contribution < 1.29 is 24.2 Å². The molecule has 0 fully saturated rings. The number of hydrogen-bond acceptors (Lipinski definition) is 4. The van der Waals surface area contributed by atoms with Crippen LogP contribution >= 0.6 is 0 Å². The summed E-state index contributed by atoms with van der Waals surface area (Å²) in [7, 11) is 0. The fourth-order valence-electron chi connectivity index (χ4n) is 4.64. The number of allylic oxidation sites excluding steroid dienone is 2. The van der Waals surface area contributed by atoms with Gasteiger partial charge in [0.1, 0.15) is 11.8 Å². The number of carbonyl (C=O) groups is 2. The van der Waals surface area contributed by atoms with E-state index >= 15 is 0 Å². The number of hydrogen-bond donors (Lipinski definition) is 2. The Kier molecular flexibility index (Phi) is 8.03. The van der Waals surface area contributed by atoms with Crippen LogP contribution in [0.2, 0.25) is 0 Å². The first kappa shape index (κ1) is 24.7. The second kappa shape index (κ2) is 11.4. The minimum absolute atomic E-state index is 0.307. The highest BCUT2D eigenvalue weighted by molar-refractivity contribution is 6.05. The molecule has 2 N–H and O–H groups in total. The molecule has 1 heterocycles. The molecule has 0 unspecified atom stereocenters. The quantitative estimate of drug-likeness (QED) is 0.506. The van der Waals surface area contributed by atoms with Crippen molar-refractivity contribution in [1.82, 2.24) is 5.32 Å². The number of carboxylic acid groups (broad SMARTS) is 1. The first-order valence-corrected chi connectivity index (χ1v) is 12.3. The highest BCUT2D eigenvalue weighted by Gasteiger charge is 2.25. The van der Waals surface area contributed by atoms with Crippen LogP contribution in [0.3, 0.4) is 0 Å². The van der Waals surface area contributed by atoms with Crippen LogP contribution in [0.5, 0.6) is 5.75 Å². The maximum atomic E-state index is 13.2. The maximum absolute atomic E-state index is 13.2. The molecule has 0 radical (unpaired) electrons. The van der Waals surface area contributed by atoms with Gasteiger partial charge in [-0.25, -0.2) is 4.79 Å². The second-order valence-corrected chi connectivity index (χ2v) is 9.20. The Morgan fingerprint density at radius 3 is 2.71 bits per heavy atom. The number of carboxylic acids is 1. The summed E-state index contributed by atoms with van der Waals surface area (Å²) < 4.78 is 11.7. The van der Waals surface area contributed by atoms with Gasteiger partial charge in [-0.1, -0.05) is 55.8 Å². The van der Waals surface area contributed by atoms with Gasteiger partial charge in [-0.15, -0.1) is 0 Å². The molecule has 1 aliphatic carbocycles. The monoisotopic (exact) mass is 475 g/mol. The lowest BCUT2D eigenvalue weighted by Crippen LogP contribution is -2.41. The Labute approximate surface area is 206 Å². The molecule has 2 aromatic carbocycles. The molecule has 1 amide bonds. The molecule has 35 heavy (non-hydrogen) atoms. The molecule has 2 aromatic rings. The molecule has 0 spiro atoms. The molecule has 4 rings (SSSR count). The van der Waals surface area contributed by atoms with Crippen molar-refractivity contribution in [3.8, 4) is 5.75 Å². The highest BCUT2D eigenvalue weighted by Crippen LogP contribution is 2.33. The minimum Gasteiger partial charge on any atom is -0.493 e. The van der Waals surface area contributed by atoms with Crippen LogP contribution in [0.15, 0.2) is 59.7 Å². The van der Waals surface area contributed by atoms with E-state index in [1.807, 2.05) is 50.3 Å². The van der Waals surface area contributed by atoms with Gasteiger partial charge in [0.05, 0.1) is 19.8 Å². The van der Waals surface area contributed by atoms with E-state index in [1.165, 1.54) is 5.56 Å². The van der Waals surface area contributed by atoms with E-state index in [4.69, 9.17) is 9.47 Å². The Morgan fingerprint density at radius 1 is 1.11 bits per heavy atom. The summed E-state index contributed by atoms with van der Waals surface area (Å²) >= 11 is 0. The van der Waals surface area contributed by atoms with Crippen molar-refractivity contribution in [1.29, 1.82) is 0 Å². The first-order valence-electron chi connectivity index (χ1n) is 12.3. The molecule has 184 valence electrons. The van der Waals surface area contributed by atoms with Gasteiger partial charge in [0.25, 0.3) is 0 Å². The fraction of sp³-hybridized carbons (Fsp3) is 0.379. The molecule has 1 aliphatic heterocycles. The highest BCUT2D eigenvalue weighted by atomic mass is 16.5. The predicted molar refractivity (Wildman–Crippen MR) is 135 cm³/mol. The number of amides is 1. The molecular formula is C29H33NO5. The molecule has 6 nitrogen and oxygen atoms in total. The van der Waals surface area contributed by atoms with E-state index in [2.05, 4.69) is 17.4 Å². The van der Waals surface area contributed by atoms with Gasteiger partial charge >= 0.3 is 5.97 Å². The molecule has 2 aliphatic rings. The van der Waals surface area contributed by atoms with Gasteiger partial charge in [0.15, 0.2) is 0 Å². The number of aliphatic carboxylic acids is 1. The van der Waals surface area contributed by atoms with Crippen LogP contribution in [0.25, 0.3) is 5.57 Å². The van der Waals surface area contributed by atoms with Crippen molar-refractivity contribution in [3.05, 3.63) is 81.9 Å². The first-order chi connectivity index (χ1) is 17.0. The number of fused-ring (bicyclic) bond motifs is 1.